The van der Waals surface area contributed by atoms with Gasteiger partial charge in [0.15, 0.2) is 11.5 Å². The van der Waals surface area contributed by atoms with Crippen LogP contribution in [-0.2, 0) is 6.54 Å². The summed E-state index contributed by atoms with van der Waals surface area (Å²) in [4.78, 5) is 1.97. The summed E-state index contributed by atoms with van der Waals surface area (Å²) in [5.41, 5.74) is 2.34. The van der Waals surface area contributed by atoms with Crippen LogP contribution in [0, 0.1) is 18.3 Å². The minimum Gasteiger partial charge on any atom is -0.486 e. The third-order valence-corrected chi connectivity index (χ3v) is 2.78. The zero-order valence-electron chi connectivity index (χ0n) is 10.2. The number of hydrogen-bond acceptors (Lipinski definition) is 4. The smallest absolute Gasteiger partial charge is 0.161 e. The standard InChI is InChI=1S/C13H16N2O2/c1-10-7-12-13(17-6-5-16-12)8-11(10)9-15(2)4-3-14/h7-8H,4-6,9H2,1-2H3. The highest BCUT2D eigenvalue weighted by Crippen LogP contribution is 2.33. The Morgan fingerprint density at radius 2 is 1.94 bits per heavy atom. The maximum absolute atomic E-state index is 8.64. The maximum Gasteiger partial charge on any atom is 0.161 e. The molecule has 0 aromatic heterocycles. The molecule has 17 heavy (non-hydrogen) atoms. The topological polar surface area (TPSA) is 45.5 Å². The van der Waals surface area contributed by atoms with Crippen LogP contribution in [0.5, 0.6) is 11.5 Å². The summed E-state index contributed by atoms with van der Waals surface area (Å²) in [6.07, 6.45) is 0. The van der Waals surface area contributed by atoms with Crippen molar-refractivity contribution >= 4 is 0 Å². The van der Waals surface area contributed by atoms with Gasteiger partial charge in [-0.15, -0.1) is 0 Å². The Bertz CT molecular complexity index is 451. The second-order valence-electron chi connectivity index (χ2n) is 4.25. The van der Waals surface area contributed by atoms with E-state index in [9.17, 15) is 0 Å². The largest absolute Gasteiger partial charge is 0.486 e. The lowest BCUT2D eigenvalue weighted by molar-refractivity contribution is 0.171. The van der Waals surface area contributed by atoms with Gasteiger partial charge in [0.05, 0.1) is 12.6 Å². The normalized spacial score (nSPS) is 13.5. The van der Waals surface area contributed by atoms with Crippen LogP contribution in [-0.4, -0.2) is 31.7 Å². The van der Waals surface area contributed by atoms with Gasteiger partial charge in [0, 0.05) is 6.54 Å². The van der Waals surface area contributed by atoms with Crippen molar-refractivity contribution in [2.75, 3.05) is 26.8 Å². The molecule has 0 unspecified atom stereocenters. The molecule has 0 saturated carbocycles. The predicted molar refractivity (Wildman–Crippen MR) is 64.1 cm³/mol. The Morgan fingerprint density at radius 1 is 1.29 bits per heavy atom. The van der Waals surface area contributed by atoms with Crippen molar-refractivity contribution in [1.82, 2.24) is 4.90 Å². The van der Waals surface area contributed by atoms with Gasteiger partial charge in [-0.2, -0.15) is 5.26 Å². The Labute approximate surface area is 101 Å². The first-order valence-corrected chi connectivity index (χ1v) is 5.65. The maximum atomic E-state index is 8.64. The molecule has 0 fully saturated rings. The van der Waals surface area contributed by atoms with Gasteiger partial charge in [-0.25, -0.2) is 0 Å². The number of fused-ring (bicyclic) bond motifs is 1. The zero-order valence-corrected chi connectivity index (χ0v) is 10.2. The number of aryl methyl sites for hydroxylation is 1. The summed E-state index contributed by atoms with van der Waals surface area (Å²) in [6.45, 7) is 4.43. The fourth-order valence-corrected chi connectivity index (χ4v) is 1.87. The van der Waals surface area contributed by atoms with Gasteiger partial charge in [0.25, 0.3) is 0 Å². The number of nitrogens with zero attached hydrogens (tertiary/aromatic N) is 2. The second kappa shape index (κ2) is 5.07. The van der Waals surface area contributed by atoms with Gasteiger partial charge < -0.3 is 9.47 Å². The first-order valence-electron chi connectivity index (χ1n) is 5.65. The third-order valence-electron chi connectivity index (χ3n) is 2.78. The Hall–Kier alpha value is -1.73. The van der Waals surface area contributed by atoms with E-state index < -0.39 is 0 Å². The molecular formula is C13H16N2O2. The van der Waals surface area contributed by atoms with Gasteiger partial charge >= 0.3 is 0 Å². The molecule has 1 aromatic carbocycles. The van der Waals surface area contributed by atoms with Gasteiger partial charge in [-0.3, -0.25) is 4.90 Å². The van der Waals surface area contributed by atoms with Gasteiger partial charge in [0.1, 0.15) is 13.2 Å². The van der Waals surface area contributed by atoms with E-state index in [-0.39, 0.29) is 0 Å². The monoisotopic (exact) mass is 232 g/mol. The summed E-state index contributed by atoms with van der Waals surface area (Å²) >= 11 is 0. The molecule has 0 spiro atoms. The Morgan fingerprint density at radius 3 is 2.59 bits per heavy atom. The highest BCUT2D eigenvalue weighted by atomic mass is 16.6. The van der Waals surface area contributed by atoms with Crippen LogP contribution < -0.4 is 9.47 Å². The first-order chi connectivity index (χ1) is 8.20. The van der Waals surface area contributed by atoms with E-state index in [4.69, 9.17) is 14.7 Å². The van der Waals surface area contributed by atoms with Crippen molar-refractivity contribution < 1.29 is 9.47 Å². The molecule has 4 nitrogen and oxygen atoms in total. The average Bonchev–Trinajstić information content (AvgIpc) is 2.30. The number of benzene rings is 1. The van der Waals surface area contributed by atoms with Crippen LogP contribution in [0.2, 0.25) is 0 Å². The van der Waals surface area contributed by atoms with Crippen LogP contribution in [0.3, 0.4) is 0 Å². The lowest BCUT2D eigenvalue weighted by Crippen LogP contribution is -2.20. The highest BCUT2D eigenvalue weighted by Gasteiger charge is 2.14. The van der Waals surface area contributed by atoms with E-state index in [0.29, 0.717) is 19.8 Å². The van der Waals surface area contributed by atoms with E-state index in [0.717, 1.165) is 18.0 Å². The van der Waals surface area contributed by atoms with Crippen molar-refractivity contribution in [2.45, 2.75) is 13.5 Å². The number of rotatable bonds is 3. The molecule has 1 heterocycles. The van der Waals surface area contributed by atoms with Crippen molar-refractivity contribution in [2.24, 2.45) is 0 Å². The molecular weight excluding hydrogens is 216 g/mol. The number of ether oxygens (including phenoxy) is 2. The fourth-order valence-electron chi connectivity index (χ4n) is 1.87. The van der Waals surface area contributed by atoms with Crippen LogP contribution in [0.15, 0.2) is 12.1 Å². The Balaban J connectivity index is 2.20. The van der Waals surface area contributed by atoms with E-state index >= 15 is 0 Å². The number of nitriles is 1. The SMILES string of the molecule is Cc1cc2c(cc1CN(C)CC#N)OCCO2. The summed E-state index contributed by atoms with van der Waals surface area (Å²) in [5, 5.41) is 8.64. The summed E-state index contributed by atoms with van der Waals surface area (Å²) in [7, 11) is 1.93. The van der Waals surface area contributed by atoms with Gasteiger partial charge in [0.2, 0.25) is 0 Å². The molecule has 4 heteroatoms. The molecule has 0 saturated heterocycles. The molecule has 1 aliphatic heterocycles. The number of hydrogen-bond donors (Lipinski definition) is 0. The summed E-state index contributed by atoms with van der Waals surface area (Å²) < 4.78 is 11.1. The summed E-state index contributed by atoms with van der Waals surface area (Å²) in [5.74, 6) is 1.63. The molecule has 0 amide bonds. The fraction of sp³-hybridized carbons (Fsp3) is 0.462. The quantitative estimate of drug-likeness (QED) is 0.744. The van der Waals surface area contributed by atoms with Crippen molar-refractivity contribution in [1.29, 1.82) is 5.26 Å². The van der Waals surface area contributed by atoms with Crippen LogP contribution >= 0.6 is 0 Å². The molecule has 0 N–H and O–H groups in total. The summed E-state index contributed by atoms with van der Waals surface area (Å²) in [6, 6.07) is 6.16. The van der Waals surface area contributed by atoms with Gasteiger partial charge in [-0.05, 0) is 37.2 Å². The molecule has 0 atom stereocenters. The van der Waals surface area contributed by atoms with Crippen molar-refractivity contribution in [3.05, 3.63) is 23.3 Å². The molecule has 1 aromatic rings. The van der Waals surface area contributed by atoms with E-state index in [2.05, 4.69) is 6.07 Å². The lowest BCUT2D eigenvalue weighted by Gasteiger charge is -2.21. The second-order valence-corrected chi connectivity index (χ2v) is 4.25. The zero-order chi connectivity index (χ0) is 12.3. The third kappa shape index (κ3) is 2.69. The lowest BCUT2D eigenvalue weighted by atomic mass is 10.1. The van der Waals surface area contributed by atoms with E-state index in [1.54, 1.807) is 0 Å². The minimum atomic E-state index is 0.424. The van der Waals surface area contributed by atoms with Crippen molar-refractivity contribution in [3.8, 4) is 17.6 Å². The highest BCUT2D eigenvalue weighted by molar-refractivity contribution is 5.47. The van der Waals surface area contributed by atoms with Crippen molar-refractivity contribution in [3.63, 3.8) is 0 Å². The molecule has 0 aliphatic carbocycles. The molecule has 2 rings (SSSR count). The predicted octanol–water partition coefficient (Wildman–Crippen LogP) is 1.72. The molecule has 1 aliphatic rings. The molecule has 0 radical (unpaired) electrons. The average molecular weight is 232 g/mol. The van der Waals surface area contributed by atoms with E-state index in [1.807, 2.05) is 31.0 Å². The van der Waals surface area contributed by atoms with E-state index in [1.165, 1.54) is 11.1 Å². The van der Waals surface area contributed by atoms with Crippen LogP contribution in [0.4, 0.5) is 0 Å². The Kier molecular flexibility index (Phi) is 3.50. The van der Waals surface area contributed by atoms with Gasteiger partial charge in [-0.1, -0.05) is 0 Å². The molecule has 0 bridgehead atoms. The first kappa shape index (κ1) is 11.7. The van der Waals surface area contributed by atoms with Crippen LogP contribution in [0.1, 0.15) is 11.1 Å². The van der Waals surface area contributed by atoms with Crippen LogP contribution in [0.25, 0.3) is 0 Å². The minimum absolute atomic E-state index is 0.424. The molecule has 90 valence electrons.